The molecule has 0 bridgehead atoms. The van der Waals surface area contributed by atoms with Gasteiger partial charge in [-0.2, -0.15) is 0 Å². The summed E-state index contributed by atoms with van der Waals surface area (Å²) in [5, 5.41) is 3.23. The zero-order valence-electron chi connectivity index (χ0n) is 7.11. The first-order valence-electron chi connectivity index (χ1n) is 4.20. The lowest BCUT2D eigenvalue weighted by Gasteiger charge is -2.17. The van der Waals surface area contributed by atoms with E-state index in [4.69, 9.17) is 0 Å². The summed E-state index contributed by atoms with van der Waals surface area (Å²) in [5.41, 5.74) is 3.50. The quantitative estimate of drug-likeness (QED) is 0.580. The van der Waals surface area contributed by atoms with Crippen LogP contribution in [0.5, 0.6) is 0 Å². The monoisotopic (exact) mass is 164 g/mol. The minimum absolute atomic E-state index is 0.00921. The highest BCUT2D eigenvalue weighted by atomic mass is 16.1. The van der Waals surface area contributed by atoms with Crippen molar-refractivity contribution in [3.63, 3.8) is 0 Å². The zero-order chi connectivity index (χ0) is 8.55. The average Bonchev–Trinajstić information content (AvgIpc) is 2.04. The Hall–Kier alpha value is -1.09. The highest BCUT2D eigenvalue weighted by Gasteiger charge is 2.11. The first-order valence-corrected chi connectivity index (χ1v) is 4.20. The number of hydrogen-bond donors (Lipinski definition) is 2. The number of fused-ring (bicyclic) bond motifs is 1. The third-order valence-corrected chi connectivity index (χ3v) is 2.32. The molecule has 3 heteroatoms. The summed E-state index contributed by atoms with van der Waals surface area (Å²) < 4.78 is 0. The van der Waals surface area contributed by atoms with E-state index < -0.39 is 0 Å². The van der Waals surface area contributed by atoms with E-state index in [1.54, 1.807) is 6.07 Å². The van der Waals surface area contributed by atoms with E-state index >= 15 is 0 Å². The maximum atomic E-state index is 11.1. The number of H-pyrrole nitrogens is 1. The van der Waals surface area contributed by atoms with E-state index in [2.05, 4.69) is 10.3 Å². The van der Waals surface area contributed by atoms with Gasteiger partial charge in [0.1, 0.15) is 0 Å². The molecule has 0 spiro atoms. The molecule has 0 aliphatic carbocycles. The van der Waals surface area contributed by atoms with Gasteiger partial charge in [0.05, 0.1) is 0 Å². The largest absolute Gasteiger partial charge is 0.325 e. The average molecular weight is 164 g/mol. The molecule has 0 saturated carbocycles. The molecular weight excluding hydrogens is 152 g/mol. The molecule has 0 atom stereocenters. The van der Waals surface area contributed by atoms with Gasteiger partial charge >= 0.3 is 0 Å². The second-order valence-corrected chi connectivity index (χ2v) is 3.20. The maximum Gasteiger partial charge on any atom is 0.248 e. The fourth-order valence-electron chi connectivity index (χ4n) is 1.71. The van der Waals surface area contributed by atoms with Crippen LogP contribution in [0, 0.1) is 6.92 Å². The van der Waals surface area contributed by atoms with Crippen molar-refractivity contribution in [2.24, 2.45) is 0 Å². The van der Waals surface area contributed by atoms with Gasteiger partial charge in [0.25, 0.3) is 0 Å². The Kier molecular flexibility index (Phi) is 1.73. The Morgan fingerprint density at radius 3 is 3.17 bits per heavy atom. The van der Waals surface area contributed by atoms with Gasteiger partial charge in [-0.1, -0.05) is 0 Å². The molecule has 2 N–H and O–H groups in total. The molecular formula is C9H12N2O. The van der Waals surface area contributed by atoms with Crippen LogP contribution in [-0.4, -0.2) is 11.5 Å². The van der Waals surface area contributed by atoms with Crippen molar-refractivity contribution in [1.82, 2.24) is 10.3 Å². The number of aromatic nitrogens is 1. The summed E-state index contributed by atoms with van der Waals surface area (Å²) in [5.74, 6) is 0. The smallest absolute Gasteiger partial charge is 0.248 e. The van der Waals surface area contributed by atoms with Gasteiger partial charge in [0.2, 0.25) is 5.56 Å². The maximum absolute atomic E-state index is 11.1. The number of aryl methyl sites for hydroxylation is 1. The Morgan fingerprint density at radius 2 is 2.33 bits per heavy atom. The van der Waals surface area contributed by atoms with Crippen molar-refractivity contribution >= 4 is 0 Å². The fraction of sp³-hybridized carbons (Fsp3) is 0.444. The van der Waals surface area contributed by atoms with Crippen LogP contribution < -0.4 is 10.9 Å². The third kappa shape index (κ3) is 1.16. The molecule has 0 saturated heterocycles. The SMILES string of the molecule is Cc1cc(=O)[nH]c2c1CCNC2. The van der Waals surface area contributed by atoms with Crippen LogP contribution in [0.1, 0.15) is 16.8 Å². The Morgan fingerprint density at radius 1 is 1.50 bits per heavy atom. The van der Waals surface area contributed by atoms with Crippen molar-refractivity contribution in [3.8, 4) is 0 Å². The number of aromatic amines is 1. The minimum atomic E-state index is 0.00921. The number of pyridine rings is 1. The van der Waals surface area contributed by atoms with E-state index in [1.807, 2.05) is 6.92 Å². The lowest BCUT2D eigenvalue weighted by molar-refractivity contribution is 0.622. The molecule has 0 unspecified atom stereocenters. The Bertz CT molecular complexity index is 354. The standard InChI is InChI=1S/C9H12N2O/c1-6-4-9(12)11-8-5-10-3-2-7(6)8/h4,10H,2-3,5H2,1H3,(H,11,12). The fourth-order valence-corrected chi connectivity index (χ4v) is 1.71. The minimum Gasteiger partial charge on any atom is -0.325 e. The highest BCUT2D eigenvalue weighted by molar-refractivity contribution is 5.30. The summed E-state index contributed by atoms with van der Waals surface area (Å²) in [6.45, 7) is 3.81. The molecule has 1 aliphatic heterocycles. The van der Waals surface area contributed by atoms with Crippen molar-refractivity contribution in [2.45, 2.75) is 19.9 Å². The molecule has 2 heterocycles. The van der Waals surface area contributed by atoms with Crippen LogP contribution in [0.2, 0.25) is 0 Å². The molecule has 1 aromatic rings. The summed E-state index contributed by atoms with van der Waals surface area (Å²) in [4.78, 5) is 13.9. The predicted octanol–water partition coefficient (Wildman–Crippen LogP) is 0.329. The second kappa shape index (κ2) is 2.75. The van der Waals surface area contributed by atoms with Gasteiger partial charge < -0.3 is 10.3 Å². The van der Waals surface area contributed by atoms with E-state index in [9.17, 15) is 4.79 Å². The van der Waals surface area contributed by atoms with Crippen LogP contribution >= 0.6 is 0 Å². The predicted molar refractivity (Wildman–Crippen MR) is 47.2 cm³/mol. The first-order chi connectivity index (χ1) is 5.77. The molecule has 0 radical (unpaired) electrons. The van der Waals surface area contributed by atoms with Gasteiger partial charge in [-0.15, -0.1) is 0 Å². The third-order valence-electron chi connectivity index (χ3n) is 2.32. The summed E-state index contributed by atoms with van der Waals surface area (Å²) in [6, 6.07) is 1.67. The van der Waals surface area contributed by atoms with Gasteiger partial charge in [0, 0.05) is 18.3 Å². The summed E-state index contributed by atoms with van der Waals surface area (Å²) in [6.07, 6.45) is 1.03. The molecule has 0 aromatic carbocycles. The lowest BCUT2D eigenvalue weighted by atomic mass is 10.0. The van der Waals surface area contributed by atoms with Gasteiger partial charge in [-0.05, 0) is 31.0 Å². The van der Waals surface area contributed by atoms with E-state index in [1.165, 1.54) is 5.56 Å². The van der Waals surface area contributed by atoms with Crippen LogP contribution in [0.25, 0.3) is 0 Å². The Labute approximate surface area is 70.8 Å². The molecule has 1 aliphatic rings. The van der Waals surface area contributed by atoms with Crippen LogP contribution in [0.4, 0.5) is 0 Å². The lowest BCUT2D eigenvalue weighted by Crippen LogP contribution is -2.28. The zero-order valence-corrected chi connectivity index (χ0v) is 7.11. The van der Waals surface area contributed by atoms with Gasteiger partial charge in [-0.25, -0.2) is 0 Å². The van der Waals surface area contributed by atoms with Crippen molar-refractivity contribution in [3.05, 3.63) is 33.2 Å². The van der Waals surface area contributed by atoms with E-state index in [0.717, 1.165) is 30.8 Å². The van der Waals surface area contributed by atoms with Crippen LogP contribution in [0.3, 0.4) is 0 Å². The van der Waals surface area contributed by atoms with Crippen molar-refractivity contribution in [1.29, 1.82) is 0 Å². The summed E-state index contributed by atoms with van der Waals surface area (Å²) in [7, 11) is 0. The number of nitrogens with one attached hydrogen (secondary N) is 2. The van der Waals surface area contributed by atoms with Crippen molar-refractivity contribution < 1.29 is 0 Å². The molecule has 0 fully saturated rings. The molecule has 0 amide bonds. The second-order valence-electron chi connectivity index (χ2n) is 3.20. The first kappa shape index (κ1) is 7.55. The van der Waals surface area contributed by atoms with Crippen LogP contribution in [-0.2, 0) is 13.0 Å². The molecule has 1 aromatic heterocycles. The molecule has 12 heavy (non-hydrogen) atoms. The highest BCUT2D eigenvalue weighted by Crippen LogP contribution is 2.12. The molecule has 2 rings (SSSR count). The van der Waals surface area contributed by atoms with Gasteiger partial charge in [0.15, 0.2) is 0 Å². The number of hydrogen-bond acceptors (Lipinski definition) is 2. The summed E-state index contributed by atoms with van der Waals surface area (Å²) >= 11 is 0. The van der Waals surface area contributed by atoms with E-state index in [-0.39, 0.29) is 5.56 Å². The van der Waals surface area contributed by atoms with Crippen molar-refractivity contribution in [2.75, 3.05) is 6.54 Å². The Balaban J connectivity index is 2.60. The molecule has 64 valence electrons. The van der Waals surface area contributed by atoms with E-state index in [0.29, 0.717) is 0 Å². The topological polar surface area (TPSA) is 44.9 Å². The van der Waals surface area contributed by atoms with Gasteiger partial charge in [-0.3, -0.25) is 4.79 Å². The normalized spacial score (nSPS) is 15.8. The number of rotatable bonds is 0. The van der Waals surface area contributed by atoms with Crippen LogP contribution in [0.15, 0.2) is 10.9 Å². The molecule has 3 nitrogen and oxygen atoms in total.